The van der Waals surface area contributed by atoms with E-state index in [-0.39, 0.29) is 18.9 Å². The zero-order chi connectivity index (χ0) is 15.2. The first-order valence-corrected chi connectivity index (χ1v) is 7.37. The molecule has 0 saturated heterocycles. The summed E-state index contributed by atoms with van der Waals surface area (Å²) in [4.78, 5) is 11.6. The summed E-state index contributed by atoms with van der Waals surface area (Å²) in [5.41, 5.74) is 4.35. The van der Waals surface area contributed by atoms with E-state index in [0.29, 0.717) is 0 Å². The first-order valence-electron chi connectivity index (χ1n) is 7.37. The summed E-state index contributed by atoms with van der Waals surface area (Å²) in [6, 6.07) is 0.181. The molecule has 118 valence electrons. The Hall–Kier alpha value is -0.780. The number of hydrogen-bond donors (Lipinski definition) is 2. The molecule has 1 saturated carbocycles. The van der Waals surface area contributed by atoms with Crippen LogP contribution in [0, 0.1) is 0 Å². The zero-order valence-corrected chi connectivity index (χ0v) is 12.1. The Morgan fingerprint density at radius 3 is 2.15 bits per heavy atom. The molecule has 0 heterocycles. The van der Waals surface area contributed by atoms with Crippen molar-refractivity contribution in [3.8, 4) is 0 Å². The molecule has 0 aromatic carbocycles. The molecule has 0 aromatic heterocycles. The van der Waals surface area contributed by atoms with E-state index in [1.807, 2.05) is 0 Å². The van der Waals surface area contributed by atoms with Crippen molar-refractivity contribution in [1.29, 1.82) is 0 Å². The minimum Gasteiger partial charge on any atom is -0.368 e. The summed E-state index contributed by atoms with van der Waals surface area (Å²) >= 11 is 0. The van der Waals surface area contributed by atoms with E-state index in [0.717, 1.165) is 25.7 Å². The molecule has 6 heteroatoms. The van der Waals surface area contributed by atoms with Gasteiger partial charge in [0.1, 0.15) is 0 Å². The Bertz CT molecular complexity index is 312. The lowest BCUT2D eigenvalue weighted by Crippen LogP contribution is -2.56. The van der Waals surface area contributed by atoms with Crippen LogP contribution < -0.4 is 11.1 Å². The van der Waals surface area contributed by atoms with E-state index in [4.69, 9.17) is 5.73 Å². The third kappa shape index (κ3) is 6.11. The molecular weight excluding hydrogens is 269 g/mol. The summed E-state index contributed by atoms with van der Waals surface area (Å²) in [5.74, 6) is -0.566. The second-order valence-electron chi connectivity index (χ2n) is 6.00. The molecule has 1 fully saturated rings. The van der Waals surface area contributed by atoms with E-state index < -0.39 is 24.0 Å². The fraction of sp³-hybridized carbons (Fsp3) is 0.929. The maximum absolute atomic E-state index is 12.2. The van der Waals surface area contributed by atoms with E-state index >= 15 is 0 Å². The van der Waals surface area contributed by atoms with Crippen LogP contribution in [0.1, 0.15) is 64.7 Å². The highest BCUT2D eigenvalue weighted by atomic mass is 19.4. The molecule has 0 aliphatic heterocycles. The van der Waals surface area contributed by atoms with Gasteiger partial charge in [-0.1, -0.05) is 25.7 Å². The van der Waals surface area contributed by atoms with Crippen LogP contribution in [0.5, 0.6) is 0 Å². The van der Waals surface area contributed by atoms with Crippen molar-refractivity contribution in [2.75, 3.05) is 0 Å². The first kappa shape index (κ1) is 17.3. The summed E-state index contributed by atoms with van der Waals surface area (Å²) in [7, 11) is 0. The number of halogens is 3. The van der Waals surface area contributed by atoms with Crippen LogP contribution in [0.25, 0.3) is 0 Å². The molecule has 0 bridgehead atoms. The van der Waals surface area contributed by atoms with Gasteiger partial charge in [0.05, 0.1) is 5.54 Å². The van der Waals surface area contributed by atoms with Gasteiger partial charge in [-0.3, -0.25) is 4.79 Å². The molecule has 1 atom stereocenters. The summed E-state index contributed by atoms with van der Waals surface area (Å²) in [6.07, 6.45) is 1.46. The lowest BCUT2D eigenvalue weighted by atomic mass is 9.91. The molecule has 1 rings (SSSR count). The summed E-state index contributed by atoms with van der Waals surface area (Å²) in [5, 5.41) is 3.22. The molecule has 0 aromatic rings. The van der Waals surface area contributed by atoms with E-state index in [1.165, 1.54) is 12.8 Å². The molecular formula is C14H25F3N2O. The van der Waals surface area contributed by atoms with Crippen LogP contribution in [0.15, 0.2) is 0 Å². The third-order valence-corrected chi connectivity index (χ3v) is 4.06. The largest absolute Gasteiger partial charge is 0.389 e. The topological polar surface area (TPSA) is 55.1 Å². The summed E-state index contributed by atoms with van der Waals surface area (Å²) < 4.78 is 36.6. The number of amides is 1. The van der Waals surface area contributed by atoms with Gasteiger partial charge in [-0.05, 0) is 32.6 Å². The lowest BCUT2D eigenvalue weighted by Gasteiger charge is -2.32. The van der Waals surface area contributed by atoms with Crippen molar-refractivity contribution >= 4 is 5.91 Å². The molecule has 3 nitrogen and oxygen atoms in total. The fourth-order valence-corrected chi connectivity index (χ4v) is 2.78. The van der Waals surface area contributed by atoms with Crippen LogP contribution in [0.3, 0.4) is 0 Å². The van der Waals surface area contributed by atoms with Crippen LogP contribution in [0.4, 0.5) is 13.2 Å². The third-order valence-electron chi connectivity index (χ3n) is 4.06. The maximum Gasteiger partial charge on any atom is 0.389 e. The molecule has 1 amide bonds. The smallest absolute Gasteiger partial charge is 0.368 e. The van der Waals surface area contributed by atoms with Crippen LogP contribution >= 0.6 is 0 Å². The molecule has 0 radical (unpaired) electrons. The molecule has 1 unspecified atom stereocenters. The number of nitrogens with one attached hydrogen (secondary N) is 1. The van der Waals surface area contributed by atoms with Crippen molar-refractivity contribution < 1.29 is 18.0 Å². The van der Waals surface area contributed by atoms with Crippen LogP contribution in [-0.4, -0.2) is 23.7 Å². The Morgan fingerprint density at radius 2 is 1.70 bits per heavy atom. The molecule has 3 N–H and O–H groups in total. The van der Waals surface area contributed by atoms with Crippen molar-refractivity contribution in [2.45, 2.75) is 82.5 Å². The van der Waals surface area contributed by atoms with Crippen molar-refractivity contribution in [3.05, 3.63) is 0 Å². The standard InChI is InChI=1S/C14H25F3N2O/c1-13(12(18)20,9-6-10-14(15,16)17)19-11-7-4-2-3-5-8-11/h11,19H,2-10H2,1H3,(H2,18,20). The molecule has 20 heavy (non-hydrogen) atoms. The van der Waals surface area contributed by atoms with Crippen molar-refractivity contribution in [3.63, 3.8) is 0 Å². The highest BCUT2D eigenvalue weighted by Gasteiger charge is 2.35. The zero-order valence-electron chi connectivity index (χ0n) is 12.1. The Morgan fingerprint density at radius 1 is 1.15 bits per heavy atom. The number of nitrogens with two attached hydrogens (primary N) is 1. The average Bonchev–Trinajstić information content (AvgIpc) is 2.55. The number of primary amides is 1. The van der Waals surface area contributed by atoms with Gasteiger partial charge in [-0.2, -0.15) is 13.2 Å². The normalized spacial score (nSPS) is 21.2. The quantitative estimate of drug-likeness (QED) is 0.739. The molecule has 1 aliphatic carbocycles. The van der Waals surface area contributed by atoms with Gasteiger partial charge in [-0.25, -0.2) is 0 Å². The van der Waals surface area contributed by atoms with E-state index in [2.05, 4.69) is 5.32 Å². The minimum atomic E-state index is -4.18. The fourth-order valence-electron chi connectivity index (χ4n) is 2.78. The van der Waals surface area contributed by atoms with Crippen molar-refractivity contribution in [2.24, 2.45) is 5.73 Å². The number of rotatable bonds is 6. The number of alkyl halides is 3. The van der Waals surface area contributed by atoms with Gasteiger partial charge in [0.15, 0.2) is 0 Å². The SMILES string of the molecule is CC(CCCC(F)(F)F)(NC1CCCCCC1)C(N)=O. The number of carbonyl (C=O) groups excluding carboxylic acids is 1. The predicted octanol–water partition coefficient (Wildman–Crippen LogP) is 3.28. The van der Waals surface area contributed by atoms with Crippen LogP contribution in [-0.2, 0) is 4.79 Å². The second kappa shape index (κ2) is 7.29. The first-order chi connectivity index (χ1) is 9.23. The predicted molar refractivity (Wildman–Crippen MR) is 72.1 cm³/mol. The maximum atomic E-state index is 12.2. The summed E-state index contributed by atoms with van der Waals surface area (Å²) in [6.45, 7) is 1.62. The van der Waals surface area contributed by atoms with Gasteiger partial charge in [-0.15, -0.1) is 0 Å². The van der Waals surface area contributed by atoms with Gasteiger partial charge in [0.2, 0.25) is 5.91 Å². The van der Waals surface area contributed by atoms with Gasteiger partial charge < -0.3 is 11.1 Å². The Kier molecular flexibility index (Phi) is 6.30. The molecule has 0 spiro atoms. The number of hydrogen-bond acceptors (Lipinski definition) is 2. The monoisotopic (exact) mass is 294 g/mol. The highest BCUT2D eigenvalue weighted by molar-refractivity contribution is 5.84. The van der Waals surface area contributed by atoms with E-state index in [1.54, 1.807) is 6.92 Å². The Balaban J connectivity index is 2.54. The minimum absolute atomic E-state index is 0.0807. The van der Waals surface area contributed by atoms with E-state index in [9.17, 15) is 18.0 Å². The van der Waals surface area contributed by atoms with Crippen molar-refractivity contribution in [1.82, 2.24) is 5.32 Å². The Labute approximate surface area is 118 Å². The van der Waals surface area contributed by atoms with Gasteiger partial charge in [0.25, 0.3) is 0 Å². The average molecular weight is 294 g/mol. The van der Waals surface area contributed by atoms with Gasteiger partial charge in [0, 0.05) is 12.5 Å². The highest BCUT2D eigenvalue weighted by Crippen LogP contribution is 2.26. The molecule has 1 aliphatic rings. The number of carbonyl (C=O) groups is 1. The van der Waals surface area contributed by atoms with Gasteiger partial charge >= 0.3 is 6.18 Å². The lowest BCUT2D eigenvalue weighted by molar-refractivity contribution is -0.138. The van der Waals surface area contributed by atoms with Crippen LogP contribution in [0.2, 0.25) is 0 Å². The second-order valence-corrected chi connectivity index (χ2v) is 6.00.